The molecule has 3 heterocycles. The molecule has 2 nitrogen and oxygen atoms in total. The summed E-state index contributed by atoms with van der Waals surface area (Å²) in [5.74, 6) is 0.892. The Balaban J connectivity index is 1.59. The van der Waals surface area contributed by atoms with E-state index < -0.39 is 0 Å². The third-order valence-corrected chi connectivity index (χ3v) is 6.42. The number of fused-ring (bicyclic) bond motifs is 2. The van der Waals surface area contributed by atoms with Gasteiger partial charge >= 0.3 is 0 Å². The van der Waals surface area contributed by atoms with Crippen molar-refractivity contribution in [3.05, 3.63) is 22.4 Å². The minimum atomic E-state index is 0.724. The smallest absolute Gasteiger partial charge is 0.00996 e. The number of piperidine rings is 1. The minimum Gasteiger partial charge on any atom is -0.314 e. The third kappa shape index (κ3) is 3.69. The van der Waals surface area contributed by atoms with Gasteiger partial charge < -0.3 is 10.2 Å². The van der Waals surface area contributed by atoms with Gasteiger partial charge in [-0.25, -0.2) is 0 Å². The van der Waals surface area contributed by atoms with Gasteiger partial charge in [-0.3, -0.25) is 0 Å². The van der Waals surface area contributed by atoms with Crippen molar-refractivity contribution in [1.82, 2.24) is 10.2 Å². The summed E-state index contributed by atoms with van der Waals surface area (Å²) in [6, 6.07) is 4.74. The molecule has 0 amide bonds. The van der Waals surface area contributed by atoms with Gasteiger partial charge in [0.15, 0.2) is 0 Å². The molecule has 21 heavy (non-hydrogen) atoms. The molecule has 2 saturated heterocycles. The first-order valence-electron chi connectivity index (χ1n) is 8.74. The molecule has 3 unspecified atom stereocenters. The van der Waals surface area contributed by atoms with Gasteiger partial charge in [0.1, 0.15) is 0 Å². The largest absolute Gasteiger partial charge is 0.314 e. The van der Waals surface area contributed by atoms with Gasteiger partial charge in [0, 0.05) is 18.1 Å². The molecule has 2 bridgehead atoms. The van der Waals surface area contributed by atoms with E-state index in [9.17, 15) is 0 Å². The fraction of sp³-hybridized carbons (Fsp3) is 0.778. The maximum absolute atomic E-state index is 3.87. The Morgan fingerprint density at radius 1 is 1.33 bits per heavy atom. The Labute approximate surface area is 133 Å². The van der Waals surface area contributed by atoms with Crippen LogP contribution in [-0.4, -0.2) is 36.6 Å². The quantitative estimate of drug-likeness (QED) is 0.821. The number of hydrogen-bond donors (Lipinski definition) is 1. The lowest BCUT2D eigenvalue weighted by Crippen LogP contribution is -2.47. The van der Waals surface area contributed by atoms with Crippen LogP contribution in [0.2, 0.25) is 0 Å². The van der Waals surface area contributed by atoms with Gasteiger partial charge in [-0.2, -0.15) is 11.3 Å². The molecule has 3 rings (SSSR count). The second-order valence-electron chi connectivity index (χ2n) is 7.01. The molecule has 3 heteroatoms. The molecule has 2 fully saturated rings. The molecule has 118 valence electrons. The topological polar surface area (TPSA) is 15.3 Å². The molecule has 0 aliphatic carbocycles. The van der Waals surface area contributed by atoms with E-state index in [1.165, 1.54) is 57.1 Å². The third-order valence-electron chi connectivity index (χ3n) is 5.68. The van der Waals surface area contributed by atoms with Gasteiger partial charge in [-0.05, 0) is 86.8 Å². The van der Waals surface area contributed by atoms with E-state index in [4.69, 9.17) is 0 Å². The highest BCUT2D eigenvalue weighted by Gasteiger charge is 2.40. The molecular formula is C18H30N2S. The first-order chi connectivity index (χ1) is 10.3. The predicted octanol–water partition coefficient (Wildman–Crippen LogP) is 3.92. The van der Waals surface area contributed by atoms with Crippen LogP contribution in [0.5, 0.6) is 0 Å². The van der Waals surface area contributed by atoms with Crippen LogP contribution >= 0.6 is 11.3 Å². The van der Waals surface area contributed by atoms with E-state index in [1.54, 1.807) is 0 Å². The highest BCUT2D eigenvalue weighted by Crippen LogP contribution is 2.39. The van der Waals surface area contributed by atoms with Crippen LogP contribution < -0.4 is 5.32 Å². The Hall–Kier alpha value is -0.380. The first-order valence-corrected chi connectivity index (χ1v) is 9.68. The zero-order valence-corrected chi connectivity index (χ0v) is 14.4. The summed E-state index contributed by atoms with van der Waals surface area (Å²) in [5.41, 5.74) is 1.53. The highest BCUT2D eigenvalue weighted by atomic mass is 32.1. The van der Waals surface area contributed by atoms with Crippen LogP contribution in [0.3, 0.4) is 0 Å². The predicted molar refractivity (Wildman–Crippen MR) is 92.0 cm³/mol. The minimum absolute atomic E-state index is 0.724. The van der Waals surface area contributed by atoms with Crippen molar-refractivity contribution >= 4 is 11.3 Å². The monoisotopic (exact) mass is 306 g/mol. The zero-order valence-electron chi connectivity index (χ0n) is 13.6. The Morgan fingerprint density at radius 2 is 2.10 bits per heavy atom. The average molecular weight is 307 g/mol. The van der Waals surface area contributed by atoms with Crippen molar-refractivity contribution in [3.8, 4) is 0 Å². The Morgan fingerprint density at radius 3 is 2.71 bits per heavy atom. The van der Waals surface area contributed by atoms with Gasteiger partial charge in [-0.15, -0.1) is 0 Å². The van der Waals surface area contributed by atoms with E-state index in [-0.39, 0.29) is 0 Å². The molecule has 2 aliphatic heterocycles. The molecule has 0 saturated carbocycles. The first kappa shape index (κ1) is 15.5. The number of nitrogens with zero attached hydrogens (tertiary/aromatic N) is 1. The van der Waals surface area contributed by atoms with Crippen molar-refractivity contribution in [2.45, 2.75) is 70.0 Å². The SMILES string of the molecule is CCCNC(CCc1ccsc1)C1CC2CCC(C1)N2C. The van der Waals surface area contributed by atoms with Crippen molar-refractivity contribution in [2.24, 2.45) is 5.92 Å². The average Bonchev–Trinajstić information content (AvgIpc) is 3.05. The summed E-state index contributed by atoms with van der Waals surface area (Å²) in [6.45, 7) is 3.46. The van der Waals surface area contributed by atoms with E-state index in [0.717, 1.165) is 24.0 Å². The van der Waals surface area contributed by atoms with E-state index >= 15 is 0 Å². The van der Waals surface area contributed by atoms with Crippen LogP contribution in [0.25, 0.3) is 0 Å². The van der Waals surface area contributed by atoms with Gasteiger partial charge in [0.05, 0.1) is 0 Å². The summed E-state index contributed by atoms with van der Waals surface area (Å²) in [4.78, 5) is 2.66. The maximum atomic E-state index is 3.87. The van der Waals surface area contributed by atoms with Crippen LogP contribution in [0, 0.1) is 5.92 Å². The van der Waals surface area contributed by atoms with Crippen molar-refractivity contribution < 1.29 is 0 Å². The summed E-state index contributed by atoms with van der Waals surface area (Å²) in [7, 11) is 2.35. The number of thiophene rings is 1. The van der Waals surface area contributed by atoms with Crippen molar-refractivity contribution in [1.29, 1.82) is 0 Å². The van der Waals surface area contributed by atoms with Crippen LogP contribution in [0.4, 0.5) is 0 Å². The number of rotatable bonds is 7. The van der Waals surface area contributed by atoms with E-state index in [2.05, 4.69) is 41.0 Å². The zero-order chi connectivity index (χ0) is 14.7. The van der Waals surface area contributed by atoms with Gasteiger partial charge in [0.25, 0.3) is 0 Å². The van der Waals surface area contributed by atoms with Crippen LogP contribution in [0.15, 0.2) is 16.8 Å². The standard InChI is InChI=1S/C18H30N2S/c1-3-9-19-18(7-4-14-8-10-21-13-14)15-11-16-5-6-17(12-15)20(16)2/h8,10,13,15-19H,3-7,9,11-12H2,1-2H3. The lowest BCUT2D eigenvalue weighted by atomic mass is 9.83. The molecule has 1 N–H and O–H groups in total. The molecular weight excluding hydrogens is 276 g/mol. The number of hydrogen-bond acceptors (Lipinski definition) is 3. The Bertz CT molecular complexity index is 403. The lowest BCUT2D eigenvalue weighted by Gasteiger charge is -2.40. The number of nitrogens with one attached hydrogen (secondary N) is 1. The molecule has 0 spiro atoms. The summed E-state index contributed by atoms with van der Waals surface area (Å²) in [6.07, 6.45) is 9.49. The Kier molecular flexibility index (Phi) is 5.36. The number of aryl methyl sites for hydroxylation is 1. The summed E-state index contributed by atoms with van der Waals surface area (Å²) < 4.78 is 0. The fourth-order valence-electron chi connectivity index (χ4n) is 4.37. The summed E-state index contributed by atoms with van der Waals surface area (Å²) >= 11 is 1.83. The van der Waals surface area contributed by atoms with Crippen LogP contribution in [-0.2, 0) is 6.42 Å². The van der Waals surface area contributed by atoms with E-state index in [1.807, 2.05) is 11.3 Å². The molecule has 3 atom stereocenters. The normalized spacial score (nSPS) is 30.7. The van der Waals surface area contributed by atoms with Crippen LogP contribution in [0.1, 0.15) is 51.0 Å². The van der Waals surface area contributed by atoms with Crippen molar-refractivity contribution in [3.63, 3.8) is 0 Å². The highest BCUT2D eigenvalue weighted by molar-refractivity contribution is 7.07. The van der Waals surface area contributed by atoms with E-state index in [0.29, 0.717) is 0 Å². The second kappa shape index (κ2) is 7.26. The molecule has 0 aromatic carbocycles. The lowest BCUT2D eigenvalue weighted by molar-refractivity contribution is 0.110. The van der Waals surface area contributed by atoms with Gasteiger partial charge in [-0.1, -0.05) is 6.92 Å². The molecule has 0 radical (unpaired) electrons. The summed E-state index contributed by atoms with van der Waals surface area (Å²) in [5, 5.41) is 8.39. The maximum Gasteiger partial charge on any atom is 0.00996 e. The second-order valence-corrected chi connectivity index (χ2v) is 7.79. The molecule has 1 aromatic rings. The molecule has 2 aliphatic rings. The molecule has 1 aromatic heterocycles. The van der Waals surface area contributed by atoms with Gasteiger partial charge in [0.2, 0.25) is 0 Å². The fourth-order valence-corrected chi connectivity index (χ4v) is 5.08. The van der Waals surface area contributed by atoms with Crippen molar-refractivity contribution in [2.75, 3.05) is 13.6 Å².